The first kappa shape index (κ1) is 18.6. The third-order valence-corrected chi connectivity index (χ3v) is 4.78. The van der Waals surface area contributed by atoms with Crippen molar-refractivity contribution >= 4 is 23.5 Å². The Labute approximate surface area is 158 Å². The van der Waals surface area contributed by atoms with Crippen molar-refractivity contribution in [1.29, 1.82) is 0 Å². The molecular weight excluding hydrogens is 344 g/mol. The number of anilines is 1. The van der Waals surface area contributed by atoms with E-state index in [0.29, 0.717) is 5.69 Å². The van der Waals surface area contributed by atoms with Gasteiger partial charge in [-0.3, -0.25) is 14.4 Å². The van der Waals surface area contributed by atoms with Gasteiger partial charge in [0.15, 0.2) is 0 Å². The number of amides is 2. The molecule has 0 bridgehead atoms. The number of carbonyl (C=O) groups is 3. The standard InChI is InChI=1S/C21H22N2O4/c1-14-7-3-4-8-15(14)12-23(13-20(25)27-2)21(26)17-11-19(24)22-18-10-6-5-9-16(17)18/h3-10,17H,11-13H2,1-2H3,(H,22,24). The number of nitrogens with zero attached hydrogens (tertiary/aromatic N) is 1. The van der Waals surface area contributed by atoms with Crippen LogP contribution in [0.1, 0.15) is 29.0 Å². The molecule has 1 unspecified atom stereocenters. The first-order valence-corrected chi connectivity index (χ1v) is 8.78. The van der Waals surface area contributed by atoms with Crippen molar-refractivity contribution < 1.29 is 19.1 Å². The van der Waals surface area contributed by atoms with Gasteiger partial charge in [-0.15, -0.1) is 0 Å². The monoisotopic (exact) mass is 366 g/mol. The van der Waals surface area contributed by atoms with Gasteiger partial charge < -0.3 is 15.0 Å². The Morgan fingerprint density at radius 1 is 1.15 bits per heavy atom. The SMILES string of the molecule is COC(=O)CN(Cc1ccccc1C)C(=O)C1CC(=O)Nc2ccccc21. The largest absolute Gasteiger partial charge is 0.468 e. The van der Waals surface area contributed by atoms with Crippen molar-refractivity contribution in [2.45, 2.75) is 25.8 Å². The molecule has 2 amide bonds. The van der Waals surface area contributed by atoms with Gasteiger partial charge in [0, 0.05) is 18.7 Å². The zero-order valence-electron chi connectivity index (χ0n) is 15.4. The average molecular weight is 366 g/mol. The van der Waals surface area contributed by atoms with Crippen molar-refractivity contribution in [3.63, 3.8) is 0 Å². The molecule has 1 N–H and O–H groups in total. The summed E-state index contributed by atoms with van der Waals surface area (Å²) in [5, 5.41) is 2.79. The predicted molar refractivity (Wildman–Crippen MR) is 101 cm³/mol. The maximum absolute atomic E-state index is 13.3. The predicted octanol–water partition coefficient (Wildman–Crippen LogP) is 2.62. The summed E-state index contributed by atoms with van der Waals surface area (Å²) in [6.45, 7) is 2.07. The number of fused-ring (bicyclic) bond motifs is 1. The maximum atomic E-state index is 13.3. The van der Waals surface area contributed by atoms with E-state index in [4.69, 9.17) is 4.74 Å². The Balaban J connectivity index is 1.92. The molecule has 1 aliphatic rings. The first-order chi connectivity index (χ1) is 13.0. The molecule has 27 heavy (non-hydrogen) atoms. The van der Waals surface area contributed by atoms with Crippen molar-refractivity contribution in [3.05, 3.63) is 65.2 Å². The summed E-state index contributed by atoms with van der Waals surface area (Å²) in [6.07, 6.45) is 0.0568. The van der Waals surface area contributed by atoms with E-state index in [2.05, 4.69) is 5.32 Å². The Bertz CT molecular complexity index is 878. The number of nitrogens with one attached hydrogen (secondary N) is 1. The lowest BCUT2D eigenvalue weighted by molar-refractivity contribution is -0.148. The van der Waals surface area contributed by atoms with Crippen LogP contribution in [-0.4, -0.2) is 36.3 Å². The summed E-state index contributed by atoms with van der Waals surface area (Å²) in [6, 6.07) is 15.0. The van der Waals surface area contributed by atoms with Gasteiger partial charge in [0.25, 0.3) is 0 Å². The number of aryl methyl sites for hydroxylation is 1. The minimum Gasteiger partial charge on any atom is -0.468 e. The van der Waals surface area contributed by atoms with Crippen LogP contribution >= 0.6 is 0 Å². The summed E-state index contributed by atoms with van der Waals surface area (Å²) in [4.78, 5) is 38.8. The van der Waals surface area contributed by atoms with Crippen molar-refractivity contribution in [2.75, 3.05) is 19.0 Å². The molecule has 0 aromatic heterocycles. The van der Waals surface area contributed by atoms with Gasteiger partial charge in [-0.1, -0.05) is 42.5 Å². The van der Waals surface area contributed by atoms with Gasteiger partial charge in [0.05, 0.1) is 13.0 Å². The molecule has 2 aromatic rings. The van der Waals surface area contributed by atoms with Crippen LogP contribution < -0.4 is 5.32 Å². The van der Waals surface area contributed by atoms with E-state index in [-0.39, 0.29) is 31.3 Å². The van der Waals surface area contributed by atoms with E-state index >= 15 is 0 Å². The highest BCUT2D eigenvalue weighted by Gasteiger charge is 2.34. The molecule has 6 heteroatoms. The molecule has 3 rings (SSSR count). The highest BCUT2D eigenvalue weighted by Crippen LogP contribution is 2.33. The highest BCUT2D eigenvalue weighted by atomic mass is 16.5. The summed E-state index contributed by atoms with van der Waals surface area (Å²) < 4.78 is 4.76. The van der Waals surface area contributed by atoms with Crippen LogP contribution in [0, 0.1) is 6.92 Å². The number of esters is 1. The molecule has 2 aromatic carbocycles. The zero-order chi connectivity index (χ0) is 19.4. The summed E-state index contributed by atoms with van der Waals surface area (Å²) in [5.41, 5.74) is 3.38. The topological polar surface area (TPSA) is 75.7 Å². The van der Waals surface area contributed by atoms with Crippen LogP contribution in [-0.2, 0) is 25.7 Å². The fraction of sp³-hybridized carbons (Fsp3) is 0.286. The maximum Gasteiger partial charge on any atom is 0.325 e. The van der Waals surface area contributed by atoms with Crippen molar-refractivity contribution in [3.8, 4) is 0 Å². The molecule has 1 aliphatic heterocycles. The molecule has 6 nitrogen and oxygen atoms in total. The van der Waals surface area contributed by atoms with E-state index in [0.717, 1.165) is 16.7 Å². The second-order valence-electron chi connectivity index (χ2n) is 6.59. The first-order valence-electron chi connectivity index (χ1n) is 8.78. The molecule has 1 atom stereocenters. The van der Waals surface area contributed by atoms with Gasteiger partial charge in [0.1, 0.15) is 6.54 Å². The van der Waals surface area contributed by atoms with E-state index in [9.17, 15) is 14.4 Å². The molecule has 140 valence electrons. The molecule has 0 aliphatic carbocycles. The zero-order valence-corrected chi connectivity index (χ0v) is 15.4. The Hall–Kier alpha value is -3.15. The van der Waals surface area contributed by atoms with Crippen LogP contribution in [0.15, 0.2) is 48.5 Å². The summed E-state index contributed by atoms with van der Waals surface area (Å²) >= 11 is 0. The minimum absolute atomic E-state index is 0.0568. The second-order valence-corrected chi connectivity index (χ2v) is 6.59. The number of hydrogen-bond donors (Lipinski definition) is 1. The van der Waals surface area contributed by atoms with E-state index in [1.165, 1.54) is 12.0 Å². The minimum atomic E-state index is -0.622. The summed E-state index contributed by atoms with van der Waals surface area (Å²) in [5.74, 6) is -1.58. The van der Waals surface area contributed by atoms with E-state index < -0.39 is 11.9 Å². The lowest BCUT2D eigenvalue weighted by Crippen LogP contribution is -2.41. The smallest absolute Gasteiger partial charge is 0.325 e. The lowest BCUT2D eigenvalue weighted by Gasteiger charge is -2.30. The fourth-order valence-corrected chi connectivity index (χ4v) is 3.28. The Kier molecular flexibility index (Phi) is 5.54. The van der Waals surface area contributed by atoms with Crippen LogP contribution in [0.25, 0.3) is 0 Å². The van der Waals surface area contributed by atoms with E-state index in [1.54, 1.807) is 6.07 Å². The van der Waals surface area contributed by atoms with Crippen molar-refractivity contribution in [2.24, 2.45) is 0 Å². The molecule has 0 saturated heterocycles. The van der Waals surface area contributed by atoms with Crippen LogP contribution in [0.5, 0.6) is 0 Å². The third-order valence-electron chi connectivity index (χ3n) is 4.78. The number of carbonyl (C=O) groups excluding carboxylic acids is 3. The third kappa shape index (κ3) is 4.16. The normalized spacial score (nSPS) is 15.5. The molecule has 0 spiro atoms. The van der Waals surface area contributed by atoms with Gasteiger partial charge in [-0.2, -0.15) is 0 Å². The van der Waals surface area contributed by atoms with Gasteiger partial charge in [0.2, 0.25) is 11.8 Å². The van der Waals surface area contributed by atoms with Crippen molar-refractivity contribution in [1.82, 2.24) is 4.90 Å². The van der Waals surface area contributed by atoms with Gasteiger partial charge in [-0.25, -0.2) is 0 Å². The van der Waals surface area contributed by atoms with E-state index in [1.807, 2.05) is 49.4 Å². The van der Waals surface area contributed by atoms with Crippen LogP contribution in [0.2, 0.25) is 0 Å². The quantitative estimate of drug-likeness (QED) is 0.826. The number of ether oxygens (including phenoxy) is 1. The van der Waals surface area contributed by atoms with Crippen LogP contribution in [0.4, 0.5) is 5.69 Å². The fourth-order valence-electron chi connectivity index (χ4n) is 3.28. The molecule has 0 radical (unpaired) electrons. The number of para-hydroxylation sites is 1. The number of methoxy groups -OCH3 is 1. The molecular formula is C21H22N2O4. The molecule has 1 heterocycles. The number of rotatable bonds is 5. The number of hydrogen-bond acceptors (Lipinski definition) is 4. The molecule has 0 fully saturated rings. The van der Waals surface area contributed by atoms with Gasteiger partial charge in [-0.05, 0) is 29.7 Å². The second kappa shape index (κ2) is 8.03. The lowest BCUT2D eigenvalue weighted by atomic mass is 9.89. The highest BCUT2D eigenvalue weighted by molar-refractivity contribution is 6.01. The average Bonchev–Trinajstić information content (AvgIpc) is 2.67. The van der Waals surface area contributed by atoms with Gasteiger partial charge >= 0.3 is 5.97 Å². The van der Waals surface area contributed by atoms with Crippen LogP contribution in [0.3, 0.4) is 0 Å². The summed E-state index contributed by atoms with van der Waals surface area (Å²) in [7, 11) is 1.29. The molecule has 0 saturated carbocycles. The number of benzene rings is 2. The Morgan fingerprint density at radius 2 is 1.85 bits per heavy atom. The Morgan fingerprint density at radius 3 is 2.59 bits per heavy atom.